The molecule has 0 saturated carbocycles. The molecular formula is C30H65N3O4. The molecule has 5 N–H and O–H groups in total. The van der Waals surface area contributed by atoms with Crippen LogP contribution in [0, 0.1) is 23.7 Å². The molecule has 0 radical (unpaired) electrons. The predicted octanol–water partition coefficient (Wildman–Crippen LogP) is 6.80. The van der Waals surface area contributed by atoms with Crippen molar-refractivity contribution in [3.05, 3.63) is 0 Å². The minimum atomic E-state index is -0.196. The van der Waals surface area contributed by atoms with Gasteiger partial charge in [-0.3, -0.25) is 14.4 Å². The van der Waals surface area contributed by atoms with Crippen LogP contribution in [0.15, 0.2) is 0 Å². The maximum Gasteiger partial charge on any atom is 0.217 e. The Morgan fingerprint density at radius 3 is 1.24 bits per heavy atom. The highest BCUT2D eigenvalue weighted by Crippen LogP contribution is 2.07. The fourth-order valence-corrected chi connectivity index (χ4v) is 2.80. The third kappa shape index (κ3) is 71.9. The number of amides is 3. The predicted molar refractivity (Wildman–Crippen MR) is 160 cm³/mol. The summed E-state index contributed by atoms with van der Waals surface area (Å²) in [5, 5.41) is 2.78. The van der Waals surface area contributed by atoms with E-state index in [1.165, 1.54) is 19.3 Å². The van der Waals surface area contributed by atoms with Gasteiger partial charge in [-0.05, 0) is 49.9 Å². The number of nitrogens with two attached hydrogens (primary N) is 2. The van der Waals surface area contributed by atoms with E-state index in [0.717, 1.165) is 50.5 Å². The monoisotopic (exact) mass is 531 g/mol. The summed E-state index contributed by atoms with van der Waals surface area (Å²) < 4.78 is 0. The van der Waals surface area contributed by atoms with Gasteiger partial charge in [-0.25, -0.2) is 0 Å². The highest BCUT2D eigenvalue weighted by Gasteiger charge is 1.97. The summed E-state index contributed by atoms with van der Waals surface area (Å²) in [7, 11) is 0. The Labute approximate surface area is 230 Å². The van der Waals surface area contributed by atoms with Gasteiger partial charge in [0, 0.05) is 32.7 Å². The molecule has 7 nitrogen and oxygen atoms in total. The second-order valence-corrected chi connectivity index (χ2v) is 11.2. The van der Waals surface area contributed by atoms with E-state index in [1.54, 1.807) is 13.8 Å². The third-order valence-corrected chi connectivity index (χ3v) is 4.70. The summed E-state index contributed by atoms with van der Waals surface area (Å²) in [6.07, 6.45) is 9.58. The molecule has 37 heavy (non-hydrogen) atoms. The Balaban J connectivity index is -0.000000124. The normalized spacial score (nSPS) is 9.78. The van der Waals surface area contributed by atoms with E-state index in [4.69, 9.17) is 11.5 Å². The van der Waals surface area contributed by atoms with Crippen molar-refractivity contribution in [2.24, 2.45) is 35.1 Å². The van der Waals surface area contributed by atoms with Crippen molar-refractivity contribution < 1.29 is 19.2 Å². The van der Waals surface area contributed by atoms with Gasteiger partial charge in [0.25, 0.3) is 0 Å². The van der Waals surface area contributed by atoms with E-state index in [9.17, 15) is 19.2 Å². The maximum absolute atomic E-state index is 10.4. The summed E-state index contributed by atoms with van der Waals surface area (Å²) in [4.78, 5) is 41.1. The van der Waals surface area contributed by atoms with Crippen molar-refractivity contribution in [2.45, 2.75) is 141 Å². The minimum Gasteiger partial charge on any atom is -0.370 e. The molecule has 0 aliphatic heterocycles. The van der Waals surface area contributed by atoms with Gasteiger partial charge in [-0.1, -0.05) is 88.5 Å². The molecule has 3 amide bonds. The van der Waals surface area contributed by atoms with Crippen molar-refractivity contribution in [1.29, 1.82) is 0 Å². The van der Waals surface area contributed by atoms with Crippen LogP contribution in [0.4, 0.5) is 0 Å². The van der Waals surface area contributed by atoms with Gasteiger partial charge in [0.15, 0.2) is 0 Å². The molecule has 0 unspecified atom stereocenters. The number of Topliss-reactive ketones (excluding diaryl/α,β-unsaturated/α-hetero) is 1. The topological polar surface area (TPSA) is 132 Å². The van der Waals surface area contributed by atoms with E-state index in [0.29, 0.717) is 24.7 Å². The average Bonchev–Trinajstić information content (AvgIpc) is 2.69. The summed E-state index contributed by atoms with van der Waals surface area (Å²) in [5.74, 6) is 2.63. The Morgan fingerprint density at radius 1 is 0.595 bits per heavy atom. The zero-order chi connectivity index (χ0) is 29.1. The van der Waals surface area contributed by atoms with Crippen molar-refractivity contribution in [2.75, 3.05) is 6.54 Å². The van der Waals surface area contributed by atoms with Crippen LogP contribution in [-0.2, 0) is 19.2 Å². The summed E-state index contributed by atoms with van der Waals surface area (Å²) in [6, 6.07) is 0. The van der Waals surface area contributed by atoms with Gasteiger partial charge in [-0.2, -0.15) is 0 Å². The fraction of sp³-hybridized carbons (Fsp3) is 0.867. The lowest BCUT2D eigenvalue weighted by atomic mass is 10.1. The quantitative estimate of drug-likeness (QED) is 0.200. The molecule has 0 aromatic rings. The maximum atomic E-state index is 10.4. The van der Waals surface area contributed by atoms with Gasteiger partial charge in [-0.15, -0.1) is 0 Å². The van der Waals surface area contributed by atoms with Crippen LogP contribution in [0.2, 0.25) is 0 Å². The molecule has 0 aromatic carbocycles. The molecule has 0 spiro atoms. The van der Waals surface area contributed by atoms with Gasteiger partial charge in [0.05, 0.1) is 0 Å². The SMILES string of the molecule is C.CC(=O)CC(C)C.CC(=O)NCCCCC(C)C.CC(C)CCC(N)=O.CC(C)CCCCC(N)=O. The number of carbonyl (C=O) groups is 4. The molecule has 0 aliphatic carbocycles. The van der Waals surface area contributed by atoms with Crippen molar-refractivity contribution in [3.63, 3.8) is 0 Å². The number of ketones is 1. The number of primary amides is 2. The Bertz CT molecular complexity index is 545. The second kappa shape index (κ2) is 32.1. The molecular weight excluding hydrogens is 466 g/mol. The molecule has 0 aliphatic rings. The standard InChI is InChI=1S/C9H19NO.C8H17NO.C6H13NO.C6H12O.CH4/c1-8(2)6-4-5-7-10-9(3)11;1-7(2)5-3-4-6-8(9)10;1-5(2)3-4-6(7)8;1-5(2)4-6(3)7;/h8H,4-7H2,1-3H3,(H,10,11);7H,3-6H2,1-2H3,(H2,9,10);5H,3-4H2,1-2H3,(H2,7,8);5H,4H2,1-3H3;1H4. The molecule has 0 aromatic heterocycles. The molecule has 7 heteroatoms. The fourth-order valence-electron chi connectivity index (χ4n) is 2.80. The molecule has 224 valence electrons. The molecule has 0 saturated heterocycles. The van der Waals surface area contributed by atoms with Crippen LogP contribution in [-0.4, -0.2) is 30.0 Å². The smallest absolute Gasteiger partial charge is 0.217 e. The highest BCUT2D eigenvalue weighted by molar-refractivity contribution is 5.75. The Hall–Kier alpha value is -1.92. The largest absolute Gasteiger partial charge is 0.370 e. The summed E-state index contributed by atoms with van der Waals surface area (Å²) in [5.41, 5.74) is 9.87. The van der Waals surface area contributed by atoms with Gasteiger partial charge < -0.3 is 21.6 Å². The number of carbonyl (C=O) groups excluding carboxylic acids is 4. The lowest BCUT2D eigenvalue weighted by Crippen LogP contribution is -2.20. The first-order chi connectivity index (χ1) is 16.5. The minimum absolute atomic E-state index is 0. The van der Waals surface area contributed by atoms with Crippen molar-refractivity contribution in [3.8, 4) is 0 Å². The van der Waals surface area contributed by atoms with E-state index >= 15 is 0 Å². The van der Waals surface area contributed by atoms with E-state index < -0.39 is 0 Å². The number of rotatable bonds is 15. The number of hydrogen-bond donors (Lipinski definition) is 3. The number of nitrogens with one attached hydrogen (secondary N) is 1. The lowest BCUT2D eigenvalue weighted by molar-refractivity contribution is -0.119. The molecule has 0 rings (SSSR count). The lowest BCUT2D eigenvalue weighted by Gasteiger charge is -2.04. The van der Waals surface area contributed by atoms with Crippen LogP contribution < -0.4 is 16.8 Å². The first-order valence-corrected chi connectivity index (χ1v) is 13.8. The first-order valence-electron chi connectivity index (χ1n) is 13.8. The van der Waals surface area contributed by atoms with Gasteiger partial charge in [0.2, 0.25) is 17.7 Å². The number of unbranched alkanes of at least 4 members (excludes halogenated alkanes) is 2. The first kappa shape index (κ1) is 45.0. The van der Waals surface area contributed by atoms with Crippen LogP contribution >= 0.6 is 0 Å². The second-order valence-electron chi connectivity index (χ2n) is 11.2. The Morgan fingerprint density at radius 2 is 1.00 bits per heavy atom. The van der Waals surface area contributed by atoms with Crippen LogP contribution in [0.1, 0.15) is 141 Å². The van der Waals surface area contributed by atoms with Crippen LogP contribution in [0.3, 0.4) is 0 Å². The third-order valence-electron chi connectivity index (χ3n) is 4.70. The molecule has 0 bridgehead atoms. The Kier molecular flexibility index (Phi) is 39.1. The molecule has 0 fully saturated rings. The molecule has 0 atom stereocenters. The van der Waals surface area contributed by atoms with Gasteiger partial charge >= 0.3 is 0 Å². The molecule has 0 heterocycles. The van der Waals surface area contributed by atoms with Crippen LogP contribution in [0.25, 0.3) is 0 Å². The summed E-state index contributed by atoms with van der Waals surface area (Å²) >= 11 is 0. The van der Waals surface area contributed by atoms with Gasteiger partial charge in [0.1, 0.15) is 5.78 Å². The van der Waals surface area contributed by atoms with Crippen LogP contribution in [0.5, 0.6) is 0 Å². The average molecular weight is 532 g/mol. The summed E-state index contributed by atoms with van der Waals surface area (Å²) in [6.45, 7) is 21.1. The zero-order valence-corrected chi connectivity index (χ0v) is 25.4. The highest BCUT2D eigenvalue weighted by atomic mass is 16.2. The zero-order valence-electron chi connectivity index (χ0n) is 25.4. The van der Waals surface area contributed by atoms with E-state index in [2.05, 4.69) is 46.9 Å². The van der Waals surface area contributed by atoms with Crippen molar-refractivity contribution in [1.82, 2.24) is 5.32 Å². The van der Waals surface area contributed by atoms with E-state index in [1.807, 2.05) is 13.8 Å². The van der Waals surface area contributed by atoms with Crippen molar-refractivity contribution >= 4 is 23.5 Å². The number of hydrogen-bond acceptors (Lipinski definition) is 4. The van der Waals surface area contributed by atoms with E-state index in [-0.39, 0.29) is 30.9 Å².